The maximum Gasteiger partial charge on any atom is 0.394 e. The van der Waals surface area contributed by atoms with E-state index in [0.717, 1.165) is 18.4 Å². The molecule has 1 unspecified atom stereocenters. The summed E-state index contributed by atoms with van der Waals surface area (Å²) in [5.41, 5.74) is 0.820. The molecular formula is C23H37N5O7S. The minimum Gasteiger partial charge on any atom is -0.462 e. The highest BCUT2D eigenvalue weighted by Crippen LogP contribution is 2.36. The molecule has 6 bridgehead atoms. The molecule has 13 heteroatoms. The second-order valence-corrected chi connectivity index (χ2v) is 11.1. The normalized spacial score (nSPS) is 35.2. The van der Waals surface area contributed by atoms with Crippen molar-refractivity contribution < 1.29 is 32.2 Å². The summed E-state index contributed by atoms with van der Waals surface area (Å²) in [6.45, 7) is 6.92. The van der Waals surface area contributed by atoms with Crippen LogP contribution in [0, 0.1) is 0 Å². The highest BCUT2D eigenvalue weighted by Gasteiger charge is 2.40. The molecule has 0 aromatic heterocycles. The average Bonchev–Trinajstić information content (AvgIpc) is 2.99. The van der Waals surface area contributed by atoms with Gasteiger partial charge in [0.15, 0.2) is 0 Å². The molecule has 0 spiro atoms. The molecular weight excluding hydrogens is 490 g/mol. The van der Waals surface area contributed by atoms with Crippen molar-refractivity contribution in [1.82, 2.24) is 24.5 Å². The molecule has 0 saturated carbocycles. The standard InChI is InChI=1S/C17H23NO3.C6H12N4.H2O4S/c1-18-13-7-8-14(18)10-15(9-13)21-17(20)16(11-19)12-5-3-2-4-6-12;1-7-2-9-4-8(1)5-10(3-7)6-9;1-5(2,3)4/h2-6,13-16,19H,7-11H2,1H3;1-6H2;(H2,1,2,3,4)/t13-,14+,15+,16?;;. The predicted molar refractivity (Wildman–Crippen MR) is 131 cm³/mol. The van der Waals surface area contributed by atoms with Gasteiger partial charge in [-0.25, -0.2) is 0 Å². The third-order valence-corrected chi connectivity index (χ3v) is 7.41. The fourth-order valence-electron chi connectivity index (χ4n) is 5.94. The van der Waals surface area contributed by atoms with Crippen LogP contribution in [0.25, 0.3) is 0 Å². The number of carbonyl (C=O) groups is 1. The van der Waals surface area contributed by atoms with Gasteiger partial charge in [-0.2, -0.15) is 8.42 Å². The van der Waals surface area contributed by atoms with E-state index in [-0.39, 0.29) is 18.7 Å². The Morgan fingerprint density at radius 3 is 1.72 bits per heavy atom. The van der Waals surface area contributed by atoms with Gasteiger partial charge in [0, 0.05) is 12.1 Å². The molecule has 6 heterocycles. The van der Waals surface area contributed by atoms with Gasteiger partial charge in [0.25, 0.3) is 0 Å². The molecule has 202 valence electrons. The summed E-state index contributed by atoms with van der Waals surface area (Å²) in [6.07, 6.45) is 4.26. The largest absolute Gasteiger partial charge is 0.462 e. The van der Waals surface area contributed by atoms with Crippen LogP contribution in [0.15, 0.2) is 30.3 Å². The molecule has 6 aliphatic rings. The van der Waals surface area contributed by atoms with Crippen LogP contribution >= 0.6 is 0 Å². The van der Waals surface area contributed by atoms with E-state index in [1.165, 1.54) is 52.9 Å². The summed E-state index contributed by atoms with van der Waals surface area (Å²) in [4.78, 5) is 24.7. The summed E-state index contributed by atoms with van der Waals surface area (Å²) < 4.78 is 37.3. The predicted octanol–water partition coefficient (Wildman–Crippen LogP) is 0.258. The molecule has 0 amide bonds. The van der Waals surface area contributed by atoms with Crippen LogP contribution in [0.4, 0.5) is 0 Å². The molecule has 7 rings (SSSR count). The first kappa shape index (κ1) is 27.4. The number of nitrogens with zero attached hydrogens (tertiary/aromatic N) is 5. The van der Waals surface area contributed by atoms with E-state index in [9.17, 15) is 9.90 Å². The fourth-order valence-corrected chi connectivity index (χ4v) is 5.94. The van der Waals surface area contributed by atoms with E-state index in [1.54, 1.807) is 0 Å². The SMILES string of the molecule is C1N2CN3CN1CN(C2)C3.CN1[C@@H]2CC[C@H]1C[C@@H](OC(=O)C(CO)c1ccccc1)C2.O=S(=O)(O)O. The number of aliphatic hydroxyl groups excluding tert-OH is 1. The minimum absolute atomic E-state index is 0.00367. The first-order chi connectivity index (χ1) is 17.1. The summed E-state index contributed by atoms with van der Waals surface area (Å²) in [7, 11) is -2.50. The Hall–Kier alpha value is -1.68. The first-order valence-electron chi connectivity index (χ1n) is 12.3. The molecule has 1 aromatic rings. The van der Waals surface area contributed by atoms with E-state index < -0.39 is 16.3 Å². The number of rotatable bonds is 4. The van der Waals surface area contributed by atoms with Crippen molar-refractivity contribution in [2.45, 2.75) is 49.8 Å². The topological polar surface area (TPSA) is 137 Å². The van der Waals surface area contributed by atoms with Gasteiger partial charge in [-0.05, 0) is 38.3 Å². The molecule has 1 aromatic carbocycles. The van der Waals surface area contributed by atoms with Crippen molar-refractivity contribution in [2.75, 3.05) is 53.7 Å². The molecule has 0 aliphatic carbocycles. The summed E-state index contributed by atoms with van der Waals surface area (Å²) in [5, 5.41) is 9.53. The molecule has 6 fully saturated rings. The zero-order valence-corrected chi connectivity index (χ0v) is 21.4. The van der Waals surface area contributed by atoms with Crippen LogP contribution in [0.2, 0.25) is 0 Å². The van der Waals surface area contributed by atoms with Crippen LogP contribution in [-0.4, -0.2) is 125 Å². The maximum atomic E-state index is 12.4. The summed E-state index contributed by atoms with van der Waals surface area (Å²) in [5.74, 6) is -0.860. The van der Waals surface area contributed by atoms with Gasteiger partial charge in [0.05, 0.1) is 46.6 Å². The molecule has 12 nitrogen and oxygen atoms in total. The summed E-state index contributed by atoms with van der Waals surface area (Å²) >= 11 is 0. The second kappa shape index (κ2) is 11.8. The molecule has 6 aliphatic heterocycles. The Balaban J connectivity index is 0.000000166. The number of hydrogen-bond acceptors (Lipinski definition) is 10. The second-order valence-electron chi connectivity index (χ2n) is 10.2. The van der Waals surface area contributed by atoms with Crippen LogP contribution in [-0.2, 0) is 19.9 Å². The van der Waals surface area contributed by atoms with Gasteiger partial charge >= 0.3 is 16.4 Å². The third-order valence-electron chi connectivity index (χ3n) is 7.41. The van der Waals surface area contributed by atoms with Crippen LogP contribution in [0.3, 0.4) is 0 Å². The Morgan fingerprint density at radius 1 is 0.917 bits per heavy atom. The average molecular weight is 528 g/mol. The van der Waals surface area contributed by atoms with E-state index in [2.05, 4.69) is 31.5 Å². The number of carbonyl (C=O) groups excluding carboxylic acids is 1. The zero-order valence-electron chi connectivity index (χ0n) is 20.6. The third kappa shape index (κ3) is 7.43. The van der Waals surface area contributed by atoms with Crippen LogP contribution < -0.4 is 0 Å². The zero-order chi connectivity index (χ0) is 25.9. The molecule has 36 heavy (non-hydrogen) atoms. The number of fused-ring (bicyclic) bond motifs is 2. The van der Waals surface area contributed by atoms with Crippen LogP contribution in [0.1, 0.15) is 37.2 Å². The van der Waals surface area contributed by atoms with Crippen molar-refractivity contribution in [3.8, 4) is 0 Å². The number of hydrogen-bond donors (Lipinski definition) is 3. The van der Waals surface area contributed by atoms with E-state index in [1.807, 2.05) is 30.3 Å². The van der Waals surface area contributed by atoms with Crippen molar-refractivity contribution >= 4 is 16.4 Å². The van der Waals surface area contributed by atoms with Gasteiger partial charge in [-0.3, -0.25) is 33.5 Å². The van der Waals surface area contributed by atoms with E-state index >= 15 is 0 Å². The van der Waals surface area contributed by atoms with E-state index in [0.29, 0.717) is 12.1 Å². The van der Waals surface area contributed by atoms with Gasteiger partial charge in [-0.15, -0.1) is 0 Å². The lowest BCUT2D eigenvalue weighted by Crippen LogP contribution is -2.71. The van der Waals surface area contributed by atoms with Crippen molar-refractivity contribution in [3.05, 3.63) is 35.9 Å². The van der Waals surface area contributed by atoms with Crippen molar-refractivity contribution in [3.63, 3.8) is 0 Å². The number of aliphatic hydroxyl groups is 1. The Kier molecular flexibility index (Phi) is 8.96. The smallest absolute Gasteiger partial charge is 0.394 e. The lowest BCUT2D eigenvalue weighted by atomic mass is 9.98. The van der Waals surface area contributed by atoms with Gasteiger partial charge in [0.2, 0.25) is 0 Å². The monoisotopic (exact) mass is 527 g/mol. The summed E-state index contributed by atoms with van der Waals surface area (Å²) in [6, 6.07) is 10.5. The Morgan fingerprint density at radius 2 is 1.33 bits per heavy atom. The highest BCUT2D eigenvalue weighted by molar-refractivity contribution is 7.79. The van der Waals surface area contributed by atoms with E-state index in [4.69, 9.17) is 22.3 Å². The van der Waals surface area contributed by atoms with Crippen LogP contribution in [0.5, 0.6) is 0 Å². The molecule has 0 radical (unpaired) electrons. The number of piperidine rings is 1. The quantitative estimate of drug-likeness (QED) is 0.366. The van der Waals surface area contributed by atoms with Gasteiger partial charge < -0.3 is 14.7 Å². The van der Waals surface area contributed by atoms with Crippen molar-refractivity contribution in [2.24, 2.45) is 0 Å². The number of ether oxygens (including phenoxy) is 1. The number of esters is 1. The first-order valence-corrected chi connectivity index (χ1v) is 13.7. The van der Waals surface area contributed by atoms with Crippen molar-refractivity contribution in [1.29, 1.82) is 0 Å². The lowest BCUT2D eigenvalue weighted by molar-refractivity contribution is -0.194. The Bertz CT molecular complexity index is 904. The van der Waals surface area contributed by atoms with Gasteiger partial charge in [0.1, 0.15) is 12.0 Å². The van der Waals surface area contributed by atoms with Gasteiger partial charge in [-0.1, -0.05) is 30.3 Å². The number of benzene rings is 1. The lowest BCUT2D eigenvalue weighted by Gasteiger charge is -2.56. The Labute approximate surface area is 212 Å². The molecule has 6 saturated heterocycles. The maximum absolute atomic E-state index is 12.4. The minimum atomic E-state index is -4.67. The fraction of sp³-hybridized carbons (Fsp3) is 0.696. The highest BCUT2D eigenvalue weighted by atomic mass is 32.3. The molecule has 4 atom stereocenters. The molecule has 3 N–H and O–H groups in total.